The lowest BCUT2D eigenvalue weighted by atomic mass is 10.0. The summed E-state index contributed by atoms with van der Waals surface area (Å²) in [6.45, 7) is 5.30. The van der Waals surface area contributed by atoms with E-state index < -0.39 is 5.54 Å². The molecule has 1 heterocycles. The van der Waals surface area contributed by atoms with Gasteiger partial charge < -0.3 is 14.9 Å². The number of nitrogens with one attached hydrogen (secondary N) is 1. The summed E-state index contributed by atoms with van der Waals surface area (Å²) in [5.41, 5.74) is 0.0416. The smallest absolute Gasteiger partial charge is 0.290 e. The molecule has 0 aliphatic heterocycles. The maximum Gasteiger partial charge on any atom is 0.290 e. The van der Waals surface area contributed by atoms with Gasteiger partial charge in [-0.05, 0) is 20.3 Å². The summed E-state index contributed by atoms with van der Waals surface area (Å²) in [7, 11) is 0. The molecule has 0 spiro atoms. The van der Waals surface area contributed by atoms with Gasteiger partial charge in [0.25, 0.3) is 5.91 Å². The Morgan fingerprint density at radius 2 is 2.40 bits per heavy atom. The van der Waals surface area contributed by atoms with E-state index in [1.165, 1.54) is 0 Å². The summed E-state index contributed by atoms with van der Waals surface area (Å²) < 4.78 is 4.82. The molecule has 0 fully saturated rings. The van der Waals surface area contributed by atoms with E-state index in [1.807, 2.05) is 6.92 Å². The van der Waals surface area contributed by atoms with Crippen LogP contribution in [0.2, 0.25) is 0 Å². The highest BCUT2D eigenvalue weighted by Gasteiger charge is 2.25. The van der Waals surface area contributed by atoms with Gasteiger partial charge in [-0.15, -0.1) is 0 Å². The fraction of sp³-hybridized carbons (Fsp3) is 0.600. The molecule has 1 rings (SSSR count). The van der Waals surface area contributed by atoms with Crippen molar-refractivity contribution in [3.05, 3.63) is 17.5 Å². The highest BCUT2D eigenvalue weighted by molar-refractivity contribution is 5.91. The average Bonchev–Trinajstić information content (AvgIpc) is 2.65. The number of carbonyl (C=O) groups is 1. The number of hydrogen-bond donors (Lipinski definition) is 2. The van der Waals surface area contributed by atoms with Crippen molar-refractivity contribution in [1.29, 1.82) is 0 Å². The Labute approximate surface area is 88.5 Å². The van der Waals surface area contributed by atoms with Crippen LogP contribution in [0.4, 0.5) is 0 Å². The van der Waals surface area contributed by atoms with Crippen molar-refractivity contribution in [3.8, 4) is 0 Å². The van der Waals surface area contributed by atoms with E-state index in [2.05, 4.69) is 10.5 Å². The van der Waals surface area contributed by atoms with Crippen molar-refractivity contribution in [1.82, 2.24) is 10.5 Å². The number of rotatable bonds is 4. The number of aromatic nitrogens is 1. The van der Waals surface area contributed by atoms with E-state index in [1.54, 1.807) is 19.9 Å². The lowest BCUT2D eigenvalue weighted by Gasteiger charge is -2.26. The largest absolute Gasteiger partial charge is 0.394 e. The predicted molar refractivity (Wildman–Crippen MR) is 54.5 cm³/mol. The molecule has 84 valence electrons. The van der Waals surface area contributed by atoms with Crippen molar-refractivity contribution in [2.45, 2.75) is 32.7 Å². The molecular weight excluding hydrogens is 196 g/mol. The van der Waals surface area contributed by atoms with E-state index >= 15 is 0 Å². The van der Waals surface area contributed by atoms with Crippen LogP contribution in [0.5, 0.6) is 0 Å². The molecule has 1 amide bonds. The summed E-state index contributed by atoms with van der Waals surface area (Å²) in [5.74, 6) is -0.186. The number of aryl methyl sites for hydroxylation is 1. The Bertz CT molecular complexity index is 342. The summed E-state index contributed by atoms with van der Waals surface area (Å²) in [6.07, 6.45) is 0.641. The second-order valence-electron chi connectivity index (χ2n) is 3.86. The molecule has 5 nitrogen and oxygen atoms in total. The standard InChI is InChI=1S/C10H16N2O3/c1-4-10(3,6-13)11-9(14)8-5-7(2)12-15-8/h5,13H,4,6H2,1-3H3,(H,11,14). The predicted octanol–water partition coefficient (Wildman–Crippen LogP) is 0.874. The van der Waals surface area contributed by atoms with Gasteiger partial charge in [-0.1, -0.05) is 12.1 Å². The number of nitrogens with zero attached hydrogens (tertiary/aromatic N) is 1. The quantitative estimate of drug-likeness (QED) is 0.776. The summed E-state index contributed by atoms with van der Waals surface area (Å²) in [5, 5.41) is 15.4. The van der Waals surface area contributed by atoms with E-state index in [9.17, 15) is 4.79 Å². The van der Waals surface area contributed by atoms with Gasteiger partial charge >= 0.3 is 0 Å². The minimum atomic E-state index is -0.613. The molecule has 0 radical (unpaired) electrons. The van der Waals surface area contributed by atoms with Crippen LogP contribution in [0, 0.1) is 6.92 Å². The molecular formula is C10H16N2O3. The van der Waals surface area contributed by atoms with E-state index in [4.69, 9.17) is 9.63 Å². The normalized spacial score (nSPS) is 14.7. The highest BCUT2D eigenvalue weighted by atomic mass is 16.5. The first-order valence-electron chi connectivity index (χ1n) is 4.87. The SMILES string of the molecule is CCC(C)(CO)NC(=O)c1cc(C)no1. The fourth-order valence-electron chi connectivity index (χ4n) is 1.05. The third-order valence-electron chi connectivity index (χ3n) is 2.40. The van der Waals surface area contributed by atoms with Crippen molar-refractivity contribution in [3.63, 3.8) is 0 Å². The molecule has 0 aromatic carbocycles. The second-order valence-corrected chi connectivity index (χ2v) is 3.86. The van der Waals surface area contributed by atoms with Crippen molar-refractivity contribution >= 4 is 5.91 Å². The Kier molecular flexibility index (Phi) is 3.47. The zero-order chi connectivity index (χ0) is 11.5. The zero-order valence-electron chi connectivity index (χ0n) is 9.20. The van der Waals surface area contributed by atoms with Gasteiger partial charge in [0, 0.05) is 6.07 Å². The van der Waals surface area contributed by atoms with E-state index in [0.29, 0.717) is 12.1 Å². The van der Waals surface area contributed by atoms with Crippen LogP contribution in [-0.4, -0.2) is 28.3 Å². The van der Waals surface area contributed by atoms with E-state index in [0.717, 1.165) is 0 Å². The number of hydrogen-bond acceptors (Lipinski definition) is 4. The summed E-state index contributed by atoms with van der Waals surface area (Å²) in [4.78, 5) is 11.6. The summed E-state index contributed by atoms with van der Waals surface area (Å²) >= 11 is 0. The number of carbonyl (C=O) groups excluding carboxylic acids is 1. The maximum atomic E-state index is 11.6. The third kappa shape index (κ3) is 2.79. The lowest BCUT2D eigenvalue weighted by Crippen LogP contribution is -2.48. The highest BCUT2D eigenvalue weighted by Crippen LogP contribution is 2.10. The summed E-state index contributed by atoms with van der Waals surface area (Å²) in [6, 6.07) is 1.56. The van der Waals surface area contributed by atoms with Crippen LogP contribution < -0.4 is 5.32 Å². The maximum absolute atomic E-state index is 11.6. The van der Waals surface area contributed by atoms with Crippen LogP contribution in [0.3, 0.4) is 0 Å². The third-order valence-corrected chi connectivity index (χ3v) is 2.40. The van der Waals surface area contributed by atoms with Crippen molar-refractivity contribution in [2.24, 2.45) is 0 Å². The molecule has 0 saturated carbocycles. The molecule has 1 aromatic heterocycles. The van der Waals surface area contributed by atoms with Gasteiger partial charge in [0.15, 0.2) is 0 Å². The van der Waals surface area contributed by atoms with Crippen molar-refractivity contribution in [2.75, 3.05) is 6.61 Å². The van der Waals surface area contributed by atoms with Gasteiger partial charge in [0.05, 0.1) is 17.8 Å². The van der Waals surface area contributed by atoms with Crippen LogP contribution in [0.25, 0.3) is 0 Å². The van der Waals surface area contributed by atoms with Gasteiger partial charge in [-0.2, -0.15) is 0 Å². The lowest BCUT2D eigenvalue weighted by molar-refractivity contribution is 0.0810. The van der Waals surface area contributed by atoms with E-state index in [-0.39, 0.29) is 18.3 Å². The molecule has 0 bridgehead atoms. The molecule has 0 aliphatic rings. The minimum absolute atomic E-state index is 0.109. The molecule has 1 atom stereocenters. The Morgan fingerprint density at radius 1 is 1.73 bits per heavy atom. The van der Waals surface area contributed by atoms with Gasteiger partial charge in [-0.25, -0.2) is 0 Å². The molecule has 5 heteroatoms. The molecule has 0 saturated heterocycles. The topological polar surface area (TPSA) is 75.4 Å². The first-order valence-corrected chi connectivity index (χ1v) is 4.87. The molecule has 1 aromatic rings. The second kappa shape index (κ2) is 4.44. The van der Waals surface area contributed by atoms with Crippen LogP contribution in [-0.2, 0) is 0 Å². The van der Waals surface area contributed by atoms with Gasteiger partial charge in [0.1, 0.15) is 0 Å². The van der Waals surface area contributed by atoms with Gasteiger partial charge in [0.2, 0.25) is 5.76 Å². The monoisotopic (exact) mass is 212 g/mol. The average molecular weight is 212 g/mol. The molecule has 1 unspecified atom stereocenters. The minimum Gasteiger partial charge on any atom is -0.394 e. The number of aliphatic hydroxyl groups excluding tert-OH is 1. The Morgan fingerprint density at radius 3 is 2.80 bits per heavy atom. The molecule has 2 N–H and O–H groups in total. The van der Waals surface area contributed by atoms with Crippen LogP contribution in [0.15, 0.2) is 10.6 Å². The fourth-order valence-corrected chi connectivity index (χ4v) is 1.05. The van der Waals surface area contributed by atoms with Gasteiger partial charge in [-0.3, -0.25) is 4.79 Å². The number of aliphatic hydroxyl groups is 1. The van der Waals surface area contributed by atoms with Crippen LogP contribution in [0.1, 0.15) is 36.5 Å². The Hall–Kier alpha value is -1.36. The molecule has 0 aliphatic carbocycles. The van der Waals surface area contributed by atoms with Crippen molar-refractivity contribution < 1.29 is 14.4 Å². The Balaban J connectivity index is 2.71. The first kappa shape index (κ1) is 11.7. The first-order chi connectivity index (χ1) is 7.00. The zero-order valence-corrected chi connectivity index (χ0v) is 9.20. The number of amides is 1. The van der Waals surface area contributed by atoms with Crippen LogP contribution >= 0.6 is 0 Å². The molecule has 15 heavy (non-hydrogen) atoms.